The van der Waals surface area contributed by atoms with Crippen LogP contribution in [0.2, 0.25) is 0 Å². The van der Waals surface area contributed by atoms with Gasteiger partial charge in [-0.15, -0.1) is 0 Å². The topological polar surface area (TPSA) is 148 Å². The summed E-state index contributed by atoms with van der Waals surface area (Å²) in [6.45, 7) is 1.87. The zero-order valence-corrected chi connectivity index (χ0v) is 16.7. The van der Waals surface area contributed by atoms with Crippen LogP contribution in [0.5, 0.6) is 0 Å². The summed E-state index contributed by atoms with van der Waals surface area (Å²) in [5.41, 5.74) is 0. The normalized spacial score (nSPS) is 21.3. The lowest BCUT2D eigenvalue weighted by Crippen LogP contribution is -2.51. The first kappa shape index (κ1) is 23.1. The molecule has 10 heteroatoms. The molecule has 0 bridgehead atoms. The summed E-state index contributed by atoms with van der Waals surface area (Å²) in [4.78, 5) is 49.1. The van der Waals surface area contributed by atoms with Gasteiger partial charge in [-0.3, -0.25) is 14.4 Å². The summed E-state index contributed by atoms with van der Waals surface area (Å²) in [6, 6.07) is -1.31. The maximum absolute atomic E-state index is 12.5. The first-order valence-corrected chi connectivity index (χ1v) is 10.3. The molecular weight excluding hydrogens is 380 g/mol. The summed E-state index contributed by atoms with van der Waals surface area (Å²) in [7, 11) is 0. The molecule has 5 N–H and O–H groups in total. The Morgan fingerprint density at radius 2 is 1.86 bits per heavy atom. The van der Waals surface area contributed by atoms with Gasteiger partial charge in [0.25, 0.3) is 0 Å². The van der Waals surface area contributed by atoms with Crippen LogP contribution in [0.4, 0.5) is 0 Å². The highest BCUT2D eigenvalue weighted by molar-refractivity contribution is 5.85. The van der Waals surface area contributed by atoms with Gasteiger partial charge in [0.15, 0.2) is 0 Å². The molecule has 0 saturated carbocycles. The minimum absolute atomic E-state index is 0.0691. The van der Waals surface area contributed by atoms with Crippen molar-refractivity contribution in [1.29, 1.82) is 0 Å². The molecular formula is C19H32N4O6. The Balaban J connectivity index is 1.77. The van der Waals surface area contributed by atoms with E-state index in [2.05, 4.69) is 16.0 Å². The lowest BCUT2D eigenvalue weighted by atomic mass is 9.92. The van der Waals surface area contributed by atoms with Crippen molar-refractivity contribution < 1.29 is 29.4 Å². The molecule has 0 aromatic carbocycles. The van der Waals surface area contributed by atoms with Gasteiger partial charge in [0.2, 0.25) is 17.7 Å². The van der Waals surface area contributed by atoms with Crippen LogP contribution in [-0.4, -0.2) is 84.2 Å². The number of aliphatic hydroxyl groups is 1. The molecule has 3 amide bonds. The van der Waals surface area contributed by atoms with E-state index in [-0.39, 0.29) is 18.4 Å². The summed E-state index contributed by atoms with van der Waals surface area (Å²) in [6.07, 6.45) is 4.91. The van der Waals surface area contributed by atoms with E-state index in [0.717, 1.165) is 38.8 Å². The van der Waals surface area contributed by atoms with Crippen molar-refractivity contribution in [3.05, 3.63) is 0 Å². The minimum atomic E-state index is -1.31. The fourth-order valence-corrected chi connectivity index (χ4v) is 3.86. The Kier molecular flexibility index (Phi) is 9.33. The van der Waals surface area contributed by atoms with Crippen molar-refractivity contribution in [2.45, 2.75) is 44.6 Å². The third-order valence-corrected chi connectivity index (χ3v) is 5.63. The predicted octanol–water partition coefficient (Wildman–Crippen LogP) is -1.32. The van der Waals surface area contributed by atoms with Gasteiger partial charge >= 0.3 is 5.97 Å². The first-order valence-electron chi connectivity index (χ1n) is 10.3. The standard InChI is InChI=1S/C19H32N4O6/c24-12-16(25)22-15(19(28)29)10-21-18(27)14-2-1-9-23(11-14)17(26)4-3-13-5-7-20-8-6-13/h13-15,20,24H,1-12H2,(H,21,27)(H,22,25)(H,28,29)/t14-,15?/m1/s1. The van der Waals surface area contributed by atoms with Crippen molar-refractivity contribution in [3.8, 4) is 0 Å². The molecule has 164 valence electrons. The average Bonchev–Trinajstić information content (AvgIpc) is 2.75. The van der Waals surface area contributed by atoms with Crippen LogP contribution >= 0.6 is 0 Å². The van der Waals surface area contributed by atoms with Crippen LogP contribution in [0.25, 0.3) is 0 Å². The van der Waals surface area contributed by atoms with E-state index >= 15 is 0 Å². The van der Waals surface area contributed by atoms with Crippen molar-refractivity contribution >= 4 is 23.7 Å². The Morgan fingerprint density at radius 1 is 1.14 bits per heavy atom. The number of hydrogen-bond acceptors (Lipinski definition) is 6. The van der Waals surface area contributed by atoms with Crippen LogP contribution in [-0.2, 0) is 19.2 Å². The number of carbonyl (C=O) groups excluding carboxylic acids is 3. The number of rotatable bonds is 9. The van der Waals surface area contributed by atoms with Crippen LogP contribution in [0.15, 0.2) is 0 Å². The molecule has 2 fully saturated rings. The summed E-state index contributed by atoms with van der Waals surface area (Å²) < 4.78 is 0. The van der Waals surface area contributed by atoms with Crippen LogP contribution in [0.3, 0.4) is 0 Å². The van der Waals surface area contributed by atoms with Crippen molar-refractivity contribution in [2.75, 3.05) is 39.3 Å². The number of carboxylic acids is 1. The minimum Gasteiger partial charge on any atom is -0.480 e. The monoisotopic (exact) mass is 412 g/mol. The maximum Gasteiger partial charge on any atom is 0.328 e. The van der Waals surface area contributed by atoms with Gasteiger partial charge in [0, 0.05) is 26.1 Å². The maximum atomic E-state index is 12.5. The van der Waals surface area contributed by atoms with Crippen molar-refractivity contribution in [3.63, 3.8) is 0 Å². The molecule has 0 radical (unpaired) electrons. The Hall–Kier alpha value is -2.20. The molecule has 0 aromatic rings. The average molecular weight is 412 g/mol. The number of likely N-dealkylation sites (tertiary alicyclic amines) is 1. The third-order valence-electron chi connectivity index (χ3n) is 5.63. The van der Waals surface area contributed by atoms with Crippen LogP contribution < -0.4 is 16.0 Å². The first-order chi connectivity index (χ1) is 13.9. The number of aliphatic carboxylic acids is 1. The van der Waals surface area contributed by atoms with Gasteiger partial charge in [-0.25, -0.2) is 4.79 Å². The second-order valence-corrected chi connectivity index (χ2v) is 7.77. The molecule has 2 aliphatic heterocycles. The summed E-state index contributed by atoms with van der Waals surface area (Å²) >= 11 is 0. The number of carbonyl (C=O) groups is 4. The Bertz CT molecular complexity index is 593. The fourth-order valence-electron chi connectivity index (χ4n) is 3.86. The van der Waals surface area contributed by atoms with Gasteiger partial charge in [0.05, 0.1) is 5.92 Å². The third kappa shape index (κ3) is 7.62. The summed E-state index contributed by atoms with van der Waals surface area (Å²) in [5.74, 6) is -2.20. The molecule has 10 nitrogen and oxygen atoms in total. The van der Waals surface area contributed by atoms with Gasteiger partial charge in [0.1, 0.15) is 12.6 Å². The Labute approximate surface area is 170 Å². The number of nitrogens with one attached hydrogen (secondary N) is 3. The lowest BCUT2D eigenvalue weighted by molar-refractivity contribution is -0.142. The highest BCUT2D eigenvalue weighted by Crippen LogP contribution is 2.21. The molecule has 2 saturated heterocycles. The van der Waals surface area contributed by atoms with Gasteiger partial charge in [-0.2, -0.15) is 0 Å². The molecule has 2 rings (SSSR count). The second-order valence-electron chi connectivity index (χ2n) is 7.77. The molecule has 0 aromatic heterocycles. The van der Waals surface area contributed by atoms with Crippen LogP contribution in [0, 0.1) is 11.8 Å². The SMILES string of the molecule is O=C(CO)NC(CNC(=O)[C@@H]1CCCN(C(=O)CCC2CCNCC2)C1)C(=O)O. The highest BCUT2D eigenvalue weighted by Gasteiger charge is 2.30. The van der Waals surface area contributed by atoms with E-state index < -0.39 is 30.4 Å². The second kappa shape index (κ2) is 11.7. The molecule has 2 heterocycles. The number of hydrogen-bond donors (Lipinski definition) is 5. The molecule has 0 aliphatic carbocycles. The van der Waals surface area contributed by atoms with Crippen LogP contribution in [0.1, 0.15) is 38.5 Å². The van der Waals surface area contributed by atoms with Gasteiger partial charge < -0.3 is 31.1 Å². The van der Waals surface area contributed by atoms with Crippen molar-refractivity contribution in [1.82, 2.24) is 20.9 Å². The molecule has 2 atom stereocenters. The van der Waals surface area contributed by atoms with Crippen molar-refractivity contribution in [2.24, 2.45) is 11.8 Å². The number of amides is 3. The molecule has 2 aliphatic rings. The number of carboxylic acid groups (broad SMARTS) is 1. The number of aliphatic hydroxyl groups excluding tert-OH is 1. The number of nitrogens with zero attached hydrogens (tertiary/aromatic N) is 1. The highest BCUT2D eigenvalue weighted by atomic mass is 16.4. The van der Waals surface area contributed by atoms with E-state index in [0.29, 0.717) is 31.8 Å². The smallest absolute Gasteiger partial charge is 0.328 e. The number of piperidine rings is 2. The van der Waals surface area contributed by atoms with E-state index in [1.807, 2.05) is 0 Å². The molecule has 0 spiro atoms. The zero-order chi connectivity index (χ0) is 21.2. The Morgan fingerprint density at radius 3 is 2.52 bits per heavy atom. The van der Waals surface area contributed by atoms with Gasteiger partial charge in [-0.1, -0.05) is 0 Å². The zero-order valence-electron chi connectivity index (χ0n) is 16.7. The predicted molar refractivity (Wildman–Crippen MR) is 104 cm³/mol. The van der Waals surface area contributed by atoms with E-state index in [1.54, 1.807) is 4.90 Å². The molecule has 29 heavy (non-hydrogen) atoms. The van der Waals surface area contributed by atoms with E-state index in [9.17, 15) is 19.2 Å². The summed E-state index contributed by atoms with van der Waals surface area (Å²) in [5, 5.41) is 25.8. The lowest BCUT2D eigenvalue weighted by Gasteiger charge is -2.33. The fraction of sp³-hybridized carbons (Fsp3) is 0.789. The van der Waals surface area contributed by atoms with Gasteiger partial charge in [-0.05, 0) is 51.1 Å². The van der Waals surface area contributed by atoms with E-state index in [4.69, 9.17) is 10.2 Å². The van der Waals surface area contributed by atoms with E-state index in [1.165, 1.54) is 0 Å². The molecule has 1 unspecified atom stereocenters. The quantitative estimate of drug-likeness (QED) is 0.315. The largest absolute Gasteiger partial charge is 0.480 e.